The summed E-state index contributed by atoms with van der Waals surface area (Å²) in [7, 11) is 0. The maximum absolute atomic E-state index is 12.8. The summed E-state index contributed by atoms with van der Waals surface area (Å²) in [6.45, 7) is 1.89. The molecule has 3 aromatic rings. The molecule has 0 aliphatic heterocycles. The molecule has 0 atom stereocenters. The van der Waals surface area contributed by atoms with Crippen molar-refractivity contribution >= 4 is 23.1 Å². The van der Waals surface area contributed by atoms with E-state index in [1.54, 1.807) is 6.20 Å². The van der Waals surface area contributed by atoms with Gasteiger partial charge < -0.3 is 5.32 Å². The van der Waals surface area contributed by atoms with Crippen LogP contribution in [-0.4, -0.2) is 20.7 Å². The third-order valence-corrected chi connectivity index (χ3v) is 6.06. The highest BCUT2D eigenvalue weighted by Gasteiger charge is 2.21. The SMILES string of the molecule is Cc1nc(-c2ccccc2)sc1C(=O)Nc1ccnn1C1CCCCC1. The monoisotopic (exact) mass is 366 g/mol. The number of benzene rings is 1. The maximum Gasteiger partial charge on any atom is 0.268 e. The predicted molar refractivity (Wildman–Crippen MR) is 105 cm³/mol. The van der Waals surface area contributed by atoms with Gasteiger partial charge in [0.1, 0.15) is 15.7 Å². The van der Waals surface area contributed by atoms with E-state index in [0.29, 0.717) is 10.9 Å². The number of aromatic nitrogens is 3. The second-order valence-electron chi connectivity index (χ2n) is 6.71. The van der Waals surface area contributed by atoms with Crippen LogP contribution in [0.4, 0.5) is 5.82 Å². The Kier molecular flexibility index (Phi) is 4.84. The zero-order valence-corrected chi connectivity index (χ0v) is 15.6. The van der Waals surface area contributed by atoms with Crippen molar-refractivity contribution in [2.24, 2.45) is 0 Å². The molecule has 1 aliphatic rings. The van der Waals surface area contributed by atoms with Crippen molar-refractivity contribution in [3.05, 3.63) is 53.2 Å². The summed E-state index contributed by atoms with van der Waals surface area (Å²) in [6, 6.07) is 12.2. The molecule has 1 aliphatic carbocycles. The van der Waals surface area contributed by atoms with E-state index in [-0.39, 0.29) is 5.91 Å². The fraction of sp³-hybridized carbons (Fsp3) is 0.350. The number of thiazole rings is 1. The van der Waals surface area contributed by atoms with E-state index in [1.165, 1.54) is 30.6 Å². The Morgan fingerprint density at radius 1 is 1.15 bits per heavy atom. The number of amides is 1. The first-order valence-electron chi connectivity index (χ1n) is 9.10. The molecule has 1 aromatic carbocycles. The highest BCUT2D eigenvalue weighted by atomic mass is 32.1. The van der Waals surface area contributed by atoms with Gasteiger partial charge in [-0.15, -0.1) is 11.3 Å². The molecule has 2 aromatic heterocycles. The molecule has 1 amide bonds. The summed E-state index contributed by atoms with van der Waals surface area (Å²) in [5.74, 6) is 0.663. The summed E-state index contributed by atoms with van der Waals surface area (Å²) in [6.07, 6.45) is 7.77. The topological polar surface area (TPSA) is 59.8 Å². The van der Waals surface area contributed by atoms with Gasteiger partial charge in [0, 0.05) is 11.6 Å². The second kappa shape index (κ2) is 7.41. The van der Waals surface area contributed by atoms with Crippen LogP contribution in [-0.2, 0) is 0 Å². The second-order valence-corrected chi connectivity index (χ2v) is 7.71. The maximum atomic E-state index is 12.8. The van der Waals surface area contributed by atoms with Gasteiger partial charge in [0.2, 0.25) is 0 Å². The van der Waals surface area contributed by atoms with Gasteiger partial charge in [-0.3, -0.25) is 4.79 Å². The van der Waals surface area contributed by atoms with Crippen molar-refractivity contribution in [3.8, 4) is 10.6 Å². The van der Waals surface area contributed by atoms with E-state index in [9.17, 15) is 4.79 Å². The summed E-state index contributed by atoms with van der Waals surface area (Å²) in [4.78, 5) is 18.1. The number of carbonyl (C=O) groups excluding carboxylic acids is 1. The molecule has 1 N–H and O–H groups in total. The van der Waals surface area contributed by atoms with Gasteiger partial charge >= 0.3 is 0 Å². The van der Waals surface area contributed by atoms with Crippen LogP contribution in [0.3, 0.4) is 0 Å². The lowest BCUT2D eigenvalue weighted by molar-refractivity contribution is 0.102. The molecule has 2 heterocycles. The molecule has 26 heavy (non-hydrogen) atoms. The number of anilines is 1. The quantitative estimate of drug-likeness (QED) is 0.701. The molecule has 5 nitrogen and oxygen atoms in total. The molecule has 0 saturated heterocycles. The Morgan fingerprint density at radius 2 is 1.92 bits per heavy atom. The van der Waals surface area contributed by atoms with Crippen LogP contribution in [0.5, 0.6) is 0 Å². The Morgan fingerprint density at radius 3 is 2.69 bits per heavy atom. The first-order chi connectivity index (χ1) is 12.7. The molecule has 134 valence electrons. The lowest BCUT2D eigenvalue weighted by Crippen LogP contribution is -2.20. The smallest absolute Gasteiger partial charge is 0.268 e. The van der Waals surface area contributed by atoms with Crippen LogP contribution in [0.25, 0.3) is 10.6 Å². The number of nitrogens with one attached hydrogen (secondary N) is 1. The molecule has 0 spiro atoms. The third-order valence-electron chi connectivity index (χ3n) is 4.86. The largest absolute Gasteiger partial charge is 0.306 e. The highest BCUT2D eigenvalue weighted by Crippen LogP contribution is 2.31. The zero-order valence-electron chi connectivity index (χ0n) is 14.8. The Bertz CT molecular complexity index is 894. The van der Waals surface area contributed by atoms with Crippen molar-refractivity contribution in [2.45, 2.75) is 45.1 Å². The molecule has 0 bridgehead atoms. The highest BCUT2D eigenvalue weighted by molar-refractivity contribution is 7.17. The normalized spacial score (nSPS) is 15.1. The van der Waals surface area contributed by atoms with Crippen LogP contribution in [0.15, 0.2) is 42.6 Å². The molecular formula is C20H22N4OS. The number of aryl methyl sites for hydroxylation is 1. The molecule has 4 rings (SSSR count). The van der Waals surface area contributed by atoms with E-state index >= 15 is 0 Å². The fourth-order valence-electron chi connectivity index (χ4n) is 3.51. The van der Waals surface area contributed by atoms with E-state index in [4.69, 9.17) is 0 Å². The van der Waals surface area contributed by atoms with Crippen LogP contribution in [0.2, 0.25) is 0 Å². The molecule has 6 heteroatoms. The van der Waals surface area contributed by atoms with E-state index in [0.717, 1.165) is 34.9 Å². The van der Waals surface area contributed by atoms with Crippen LogP contribution in [0, 0.1) is 6.92 Å². The summed E-state index contributed by atoms with van der Waals surface area (Å²) in [5, 5.41) is 8.36. The van der Waals surface area contributed by atoms with Crippen molar-refractivity contribution in [2.75, 3.05) is 5.32 Å². The van der Waals surface area contributed by atoms with Crippen LogP contribution in [0.1, 0.15) is 53.5 Å². The van der Waals surface area contributed by atoms with E-state index in [1.807, 2.05) is 48.0 Å². The first-order valence-corrected chi connectivity index (χ1v) is 9.92. The minimum atomic E-state index is -0.111. The number of rotatable bonds is 4. The lowest BCUT2D eigenvalue weighted by Gasteiger charge is -2.23. The summed E-state index contributed by atoms with van der Waals surface area (Å²) in [5.41, 5.74) is 1.79. The van der Waals surface area contributed by atoms with Crippen molar-refractivity contribution in [3.63, 3.8) is 0 Å². The molecule has 0 radical (unpaired) electrons. The Balaban J connectivity index is 1.54. The average Bonchev–Trinajstić information content (AvgIpc) is 3.30. The zero-order chi connectivity index (χ0) is 17.9. The van der Waals surface area contributed by atoms with Gasteiger partial charge in [-0.1, -0.05) is 49.6 Å². The van der Waals surface area contributed by atoms with Gasteiger partial charge in [-0.25, -0.2) is 9.67 Å². The number of nitrogens with zero attached hydrogens (tertiary/aromatic N) is 3. The molecule has 1 saturated carbocycles. The average molecular weight is 366 g/mol. The third kappa shape index (κ3) is 3.42. The first kappa shape index (κ1) is 17.0. The standard InChI is InChI=1S/C20H22N4OS/c1-14-18(26-20(22-14)15-8-4-2-5-9-15)19(25)23-17-12-13-21-24(17)16-10-6-3-7-11-16/h2,4-5,8-9,12-13,16H,3,6-7,10-11H2,1H3,(H,23,25). The number of carbonyl (C=O) groups is 1. The number of hydrogen-bond donors (Lipinski definition) is 1. The summed E-state index contributed by atoms with van der Waals surface area (Å²) >= 11 is 1.43. The Hall–Kier alpha value is -2.47. The van der Waals surface area contributed by atoms with Gasteiger partial charge in [-0.05, 0) is 19.8 Å². The van der Waals surface area contributed by atoms with Crippen molar-refractivity contribution < 1.29 is 4.79 Å². The number of hydrogen-bond acceptors (Lipinski definition) is 4. The Labute approximate surface area is 157 Å². The molecule has 0 unspecified atom stereocenters. The van der Waals surface area contributed by atoms with Gasteiger partial charge in [0.15, 0.2) is 0 Å². The van der Waals surface area contributed by atoms with Crippen molar-refractivity contribution in [1.82, 2.24) is 14.8 Å². The molecular weight excluding hydrogens is 344 g/mol. The van der Waals surface area contributed by atoms with E-state index < -0.39 is 0 Å². The van der Waals surface area contributed by atoms with E-state index in [2.05, 4.69) is 15.4 Å². The van der Waals surface area contributed by atoms with Gasteiger partial charge in [0.25, 0.3) is 5.91 Å². The van der Waals surface area contributed by atoms with Gasteiger partial charge in [0.05, 0.1) is 17.9 Å². The minimum absolute atomic E-state index is 0.111. The molecule has 1 fully saturated rings. The van der Waals surface area contributed by atoms with Crippen molar-refractivity contribution in [1.29, 1.82) is 0 Å². The minimum Gasteiger partial charge on any atom is -0.306 e. The predicted octanol–water partition coefficient (Wildman–Crippen LogP) is 5.07. The van der Waals surface area contributed by atoms with Crippen LogP contribution < -0.4 is 5.32 Å². The van der Waals surface area contributed by atoms with Crippen LogP contribution >= 0.6 is 11.3 Å². The lowest BCUT2D eigenvalue weighted by atomic mass is 9.96. The fourth-order valence-corrected chi connectivity index (χ4v) is 4.48. The van der Waals surface area contributed by atoms with Gasteiger partial charge in [-0.2, -0.15) is 5.10 Å². The summed E-state index contributed by atoms with van der Waals surface area (Å²) < 4.78 is 1.98.